The summed E-state index contributed by atoms with van der Waals surface area (Å²) in [7, 11) is 0. The Morgan fingerprint density at radius 3 is 1.67 bits per heavy atom. The predicted octanol–water partition coefficient (Wildman–Crippen LogP) is 11.1. The minimum Gasteiger partial charge on any atom is -0.405 e. The molecule has 0 bridgehead atoms. The monoisotopic (exact) mass is 558 g/mol. The summed E-state index contributed by atoms with van der Waals surface area (Å²) in [6.07, 6.45) is 3.60. The van der Waals surface area contributed by atoms with Crippen LogP contribution in [0, 0.1) is 6.92 Å². The van der Waals surface area contributed by atoms with Gasteiger partial charge < -0.3 is 10.6 Å². The average Bonchev–Trinajstić information content (AvgIpc) is 3.41. The molecular weight excluding hydrogens is 529 g/mol. The maximum absolute atomic E-state index is 5.75. The molecular formula is C39H30N2S. The summed E-state index contributed by atoms with van der Waals surface area (Å²) in [5.41, 5.74) is 16.4. The van der Waals surface area contributed by atoms with Gasteiger partial charge in [-0.1, -0.05) is 91.0 Å². The molecule has 3 heteroatoms. The Morgan fingerprint density at radius 2 is 1.12 bits per heavy atom. The zero-order valence-electron chi connectivity index (χ0n) is 23.4. The highest BCUT2D eigenvalue weighted by Crippen LogP contribution is 2.46. The molecule has 7 rings (SSSR count). The van der Waals surface area contributed by atoms with Crippen molar-refractivity contribution in [3.63, 3.8) is 0 Å². The molecule has 1 aromatic heterocycles. The van der Waals surface area contributed by atoms with Gasteiger partial charge in [0.25, 0.3) is 0 Å². The second kappa shape index (κ2) is 11.0. The number of hydrogen-bond donors (Lipinski definition) is 1. The molecule has 0 saturated heterocycles. The largest absolute Gasteiger partial charge is 0.405 e. The smallest absolute Gasteiger partial charge is 0.0554 e. The van der Waals surface area contributed by atoms with Crippen LogP contribution < -0.4 is 10.6 Å². The Bertz CT molecular complexity index is 1940. The van der Waals surface area contributed by atoms with E-state index in [1.54, 1.807) is 6.20 Å². The van der Waals surface area contributed by atoms with Crippen molar-refractivity contribution >= 4 is 54.6 Å². The summed E-state index contributed by atoms with van der Waals surface area (Å²) in [6, 6.07) is 50.1. The van der Waals surface area contributed by atoms with E-state index < -0.39 is 0 Å². The first-order chi connectivity index (χ1) is 20.7. The molecule has 7 aromatic rings. The molecule has 0 aliphatic heterocycles. The minimum absolute atomic E-state index is 1.12. The highest BCUT2D eigenvalue weighted by molar-refractivity contribution is 7.26. The van der Waals surface area contributed by atoms with E-state index in [2.05, 4.69) is 151 Å². The molecule has 0 spiro atoms. The first-order valence-corrected chi connectivity index (χ1v) is 15.0. The Labute approximate surface area is 250 Å². The van der Waals surface area contributed by atoms with E-state index in [1.165, 1.54) is 53.7 Å². The molecule has 42 heavy (non-hydrogen) atoms. The van der Waals surface area contributed by atoms with Crippen molar-refractivity contribution in [1.82, 2.24) is 0 Å². The van der Waals surface area contributed by atoms with Gasteiger partial charge in [-0.3, -0.25) is 0 Å². The van der Waals surface area contributed by atoms with Crippen LogP contribution in [0.15, 0.2) is 146 Å². The topological polar surface area (TPSA) is 29.3 Å². The van der Waals surface area contributed by atoms with Crippen LogP contribution in [0.1, 0.15) is 11.1 Å². The lowest BCUT2D eigenvalue weighted by Gasteiger charge is -2.27. The third kappa shape index (κ3) is 4.74. The highest BCUT2D eigenvalue weighted by atomic mass is 32.1. The van der Waals surface area contributed by atoms with Crippen LogP contribution in [0.3, 0.4) is 0 Å². The first kappa shape index (κ1) is 25.8. The first-order valence-electron chi connectivity index (χ1n) is 14.1. The number of fused-ring (bicyclic) bond motifs is 3. The Hall–Kier alpha value is -5.12. The molecule has 0 aliphatic rings. The van der Waals surface area contributed by atoms with Gasteiger partial charge in [0.1, 0.15) is 0 Å². The maximum Gasteiger partial charge on any atom is 0.0554 e. The van der Waals surface area contributed by atoms with Gasteiger partial charge in [0.15, 0.2) is 0 Å². The molecule has 2 nitrogen and oxygen atoms in total. The lowest BCUT2D eigenvalue weighted by molar-refractivity contribution is 1.30. The maximum atomic E-state index is 5.75. The molecule has 0 radical (unpaired) electrons. The van der Waals surface area contributed by atoms with Crippen molar-refractivity contribution in [2.45, 2.75) is 6.92 Å². The zero-order chi connectivity index (χ0) is 28.5. The Balaban J connectivity index is 1.41. The van der Waals surface area contributed by atoms with Crippen molar-refractivity contribution in [3.8, 4) is 22.3 Å². The summed E-state index contributed by atoms with van der Waals surface area (Å²) in [5, 5.41) is 2.53. The van der Waals surface area contributed by atoms with E-state index in [-0.39, 0.29) is 0 Å². The van der Waals surface area contributed by atoms with Gasteiger partial charge >= 0.3 is 0 Å². The van der Waals surface area contributed by atoms with E-state index in [4.69, 9.17) is 5.73 Å². The second-order valence-electron chi connectivity index (χ2n) is 10.5. The summed E-state index contributed by atoms with van der Waals surface area (Å²) in [4.78, 5) is 2.39. The molecule has 6 aromatic carbocycles. The van der Waals surface area contributed by atoms with Crippen LogP contribution in [-0.4, -0.2) is 0 Å². The Kier molecular flexibility index (Phi) is 6.79. The molecule has 0 atom stereocenters. The van der Waals surface area contributed by atoms with Crippen molar-refractivity contribution in [1.29, 1.82) is 0 Å². The van der Waals surface area contributed by atoms with Crippen molar-refractivity contribution in [2.75, 3.05) is 4.90 Å². The van der Waals surface area contributed by atoms with Crippen LogP contribution in [0.4, 0.5) is 17.1 Å². The number of rotatable bonds is 6. The molecule has 202 valence electrons. The van der Waals surface area contributed by atoms with E-state index in [0.717, 1.165) is 16.9 Å². The van der Waals surface area contributed by atoms with Crippen LogP contribution in [0.5, 0.6) is 0 Å². The fourth-order valence-electron chi connectivity index (χ4n) is 5.74. The van der Waals surface area contributed by atoms with Crippen LogP contribution >= 0.6 is 11.3 Å². The number of anilines is 3. The zero-order valence-corrected chi connectivity index (χ0v) is 24.2. The van der Waals surface area contributed by atoms with E-state index in [0.29, 0.717) is 0 Å². The summed E-state index contributed by atoms with van der Waals surface area (Å²) < 4.78 is 2.53. The van der Waals surface area contributed by atoms with E-state index in [9.17, 15) is 0 Å². The Morgan fingerprint density at radius 1 is 0.571 bits per heavy atom. The molecule has 1 heterocycles. The number of benzene rings is 6. The molecule has 0 saturated carbocycles. The number of hydrogen-bond acceptors (Lipinski definition) is 3. The molecule has 0 aliphatic carbocycles. The van der Waals surface area contributed by atoms with Gasteiger partial charge in [-0.2, -0.15) is 0 Å². The molecule has 0 amide bonds. The van der Waals surface area contributed by atoms with Crippen molar-refractivity contribution < 1.29 is 0 Å². The van der Waals surface area contributed by atoms with Crippen molar-refractivity contribution in [2.24, 2.45) is 5.73 Å². The quantitative estimate of drug-likeness (QED) is 0.220. The lowest BCUT2D eigenvalue weighted by Crippen LogP contribution is -2.10. The summed E-state index contributed by atoms with van der Waals surface area (Å²) in [5.74, 6) is 0. The molecule has 0 unspecified atom stereocenters. The van der Waals surface area contributed by atoms with Gasteiger partial charge in [0.05, 0.1) is 5.69 Å². The van der Waals surface area contributed by atoms with Gasteiger partial charge in [0, 0.05) is 31.5 Å². The van der Waals surface area contributed by atoms with Gasteiger partial charge in [0.2, 0.25) is 0 Å². The van der Waals surface area contributed by atoms with Crippen LogP contribution in [-0.2, 0) is 0 Å². The third-order valence-corrected chi connectivity index (χ3v) is 8.96. The number of aryl methyl sites for hydroxylation is 1. The standard InChI is InChI=1S/C39H30N2S/c1-27-25-35-38(26-32(27)23-24-40)42-37-14-8-13-36(39(35)37)41(33-19-15-30(16-20-33)28-9-4-2-5-10-28)34-21-17-31(18-22-34)29-11-6-3-7-12-29/h2-26H,40H2,1H3/b24-23-. The van der Waals surface area contributed by atoms with Gasteiger partial charge in [-0.05, 0) is 101 Å². The summed E-state index contributed by atoms with van der Waals surface area (Å²) >= 11 is 1.83. The minimum atomic E-state index is 1.12. The lowest BCUT2D eigenvalue weighted by atomic mass is 10.0. The fraction of sp³-hybridized carbons (Fsp3) is 0.0256. The van der Waals surface area contributed by atoms with Crippen molar-refractivity contribution in [3.05, 3.63) is 157 Å². The SMILES string of the molecule is Cc1cc2c(cc1/C=C\N)sc1cccc(N(c3ccc(-c4ccccc4)cc3)c3ccc(-c4ccccc4)cc3)c12. The number of nitrogens with two attached hydrogens (primary N) is 1. The van der Waals surface area contributed by atoms with Crippen LogP contribution in [0.2, 0.25) is 0 Å². The third-order valence-electron chi connectivity index (χ3n) is 7.84. The van der Waals surface area contributed by atoms with E-state index in [1.807, 2.05) is 17.4 Å². The number of thiophene rings is 1. The highest BCUT2D eigenvalue weighted by Gasteiger charge is 2.19. The average molecular weight is 559 g/mol. The van der Waals surface area contributed by atoms with E-state index >= 15 is 0 Å². The van der Waals surface area contributed by atoms with Gasteiger partial charge in [-0.25, -0.2) is 0 Å². The number of nitrogens with zero attached hydrogens (tertiary/aromatic N) is 1. The normalized spacial score (nSPS) is 11.5. The second-order valence-corrected chi connectivity index (χ2v) is 11.6. The fourth-order valence-corrected chi connectivity index (χ4v) is 6.90. The van der Waals surface area contributed by atoms with Crippen LogP contribution in [0.25, 0.3) is 48.5 Å². The molecule has 2 N–H and O–H groups in total. The van der Waals surface area contributed by atoms with Gasteiger partial charge in [-0.15, -0.1) is 11.3 Å². The molecule has 0 fully saturated rings. The summed E-state index contributed by atoms with van der Waals surface area (Å²) in [6.45, 7) is 2.16. The predicted molar refractivity (Wildman–Crippen MR) is 183 cm³/mol.